The van der Waals surface area contributed by atoms with Crippen LogP contribution < -0.4 is 10.1 Å². The second-order valence-electron chi connectivity index (χ2n) is 5.01. The first-order valence-corrected chi connectivity index (χ1v) is 6.79. The van der Waals surface area contributed by atoms with Crippen molar-refractivity contribution < 1.29 is 19.4 Å². The smallest absolute Gasteiger partial charge is 0.339 e. The molecule has 0 aliphatic heterocycles. The molecule has 0 saturated heterocycles. The molecule has 2 aromatic carbocycles. The SMILES string of the molecule is Cc1ccc(NC(=O)COc2cc(C)ccc2C(=O)O)cc1. The number of anilines is 1. The summed E-state index contributed by atoms with van der Waals surface area (Å²) in [7, 11) is 0. The van der Waals surface area contributed by atoms with Crippen LogP contribution in [-0.2, 0) is 4.79 Å². The van der Waals surface area contributed by atoms with Gasteiger partial charge in [-0.25, -0.2) is 4.79 Å². The van der Waals surface area contributed by atoms with Crippen LogP contribution in [0.15, 0.2) is 42.5 Å². The molecule has 0 radical (unpaired) electrons. The van der Waals surface area contributed by atoms with Gasteiger partial charge in [-0.3, -0.25) is 4.79 Å². The summed E-state index contributed by atoms with van der Waals surface area (Å²) < 4.78 is 5.34. The van der Waals surface area contributed by atoms with E-state index in [2.05, 4.69) is 5.32 Å². The quantitative estimate of drug-likeness (QED) is 0.890. The molecule has 0 bridgehead atoms. The molecule has 0 saturated carbocycles. The van der Waals surface area contributed by atoms with Gasteiger partial charge in [0.15, 0.2) is 6.61 Å². The number of aryl methyl sites for hydroxylation is 2. The van der Waals surface area contributed by atoms with Crippen molar-refractivity contribution in [3.05, 3.63) is 59.2 Å². The normalized spacial score (nSPS) is 10.1. The van der Waals surface area contributed by atoms with E-state index in [1.54, 1.807) is 24.3 Å². The number of hydrogen-bond donors (Lipinski definition) is 2. The summed E-state index contributed by atoms with van der Waals surface area (Å²) in [5.74, 6) is -1.25. The summed E-state index contributed by atoms with van der Waals surface area (Å²) >= 11 is 0. The van der Waals surface area contributed by atoms with E-state index in [1.807, 2.05) is 26.0 Å². The van der Waals surface area contributed by atoms with Gasteiger partial charge in [0.2, 0.25) is 0 Å². The third kappa shape index (κ3) is 4.09. The molecule has 1 amide bonds. The van der Waals surface area contributed by atoms with E-state index in [1.165, 1.54) is 6.07 Å². The lowest BCUT2D eigenvalue weighted by atomic mass is 10.1. The van der Waals surface area contributed by atoms with Gasteiger partial charge in [-0.15, -0.1) is 0 Å². The molecule has 5 nitrogen and oxygen atoms in total. The van der Waals surface area contributed by atoms with Crippen LogP contribution in [0.1, 0.15) is 21.5 Å². The maximum Gasteiger partial charge on any atom is 0.339 e. The molecule has 22 heavy (non-hydrogen) atoms. The first kappa shape index (κ1) is 15.6. The lowest BCUT2D eigenvalue weighted by Crippen LogP contribution is -2.20. The Morgan fingerprint density at radius 3 is 2.32 bits per heavy atom. The number of rotatable bonds is 5. The Labute approximate surface area is 128 Å². The highest BCUT2D eigenvalue weighted by Crippen LogP contribution is 2.20. The average Bonchev–Trinajstić information content (AvgIpc) is 2.47. The molecule has 0 spiro atoms. The van der Waals surface area contributed by atoms with E-state index in [0.717, 1.165) is 11.1 Å². The maximum absolute atomic E-state index is 11.9. The highest BCUT2D eigenvalue weighted by molar-refractivity contribution is 5.93. The van der Waals surface area contributed by atoms with E-state index in [0.29, 0.717) is 5.69 Å². The number of carboxylic acid groups (broad SMARTS) is 1. The highest BCUT2D eigenvalue weighted by Gasteiger charge is 2.13. The van der Waals surface area contributed by atoms with E-state index in [9.17, 15) is 9.59 Å². The molecule has 0 fully saturated rings. The van der Waals surface area contributed by atoms with Crippen LogP contribution >= 0.6 is 0 Å². The molecule has 2 N–H and O–H groups in total. The minimum Gasteiger partial charge on any atom is -0.483 e. The van der Waals surface area contributed by atoms with Gasteiger partial charge in [-0.1, -0.05) is 23.8 Å². The molecular formula is C17H17NO4. The van der Waals surface area contributed by atoms with E-state index >= 15 is 0 Å². The van der Waals surface area contributed by atoms with Gasteiger partial charge in [0.05, 0.1) is 0 Å². The second kappa shape index (κ2) is 6.76. The fourth-order valence-corrected chi connectivity index (χ4v) is 1.90. The zero-order chi connectivity index (χ0) is 16.1. The van der Waals surface area contributed by atoms with Crippen molar-refractivity contribution in [2.24, 2.45) is 0 Å². The predicted octanol–water partition coefficient (Wildman–Crippen LogP) is 3.02. The van der Waals surface area contributed by atoms with Crippen molar-refractivity contribution >= 4 is 17.6 Å². The zero-order valence-electron chi connectivity index (χ0n) is 12.4. The zero-order valence-corrected chi connectivity index (χ0v) is 12.4. The predicted molar refractivity (Wildman–Crippen MR) is 83.4 cm³/mol. The Bertz CT molecular complexity index is 692. The van der Waals surface area contributed by atoms with Crippen molar-refractivity contribution in [2.45, 2.75) is 13.8 Å². The number of nitrogens with one attached hydrogen (secondary N) is 1. The number of carbonyl (C=O) groups excluding carboxylic acids is 1. The highest BCUT2D eigenvalue weighted by atomic mass is 16.5. The molecule has 2 rings (SSSR count). The number of benzene rings is 2. The van der Waals surface area contributed by atoms with Crippen LogP contribution in [0.25, 0.3) is 0 Å². The van der Waals surface area contributed by atoms with Crippen molar-refractivity contribution in [1.29, 1.82) is 0 Å². The van der Waals surface area contributed by atoms with Gasteiger partial charge in [0, 0.05) is 5.69 Å². The van der Waals surface area contributed by atoms with E-state index < -0.39 is 5.97 Å². The Morgan fingerprint density at radius 1 is 1.05 bits per heavy atom. The summed E-state index contributed by atoms with van der Waals surface area (Å²) in [4.78, 5) is 23.0. The van der Waals surface area contributed by atoms with Crippen LogP contribution in [-0.4, -0.2) is 23.6 Å². The fourth-order valence-electron chi connectivity index (χ4n) is 1.90. The molecule has 0 aliphatic rings. The number of ether oxygens (including phenoxy) is 1. The Hall–Kier alpha value is -2.82. The molecule has 0 aliphatic carbocycles. The van der Waals surface area contributed by atoms with E-state index in [-0.39, 0.29) is 23.8 Å². The first-order chi connectivity index (χ1) is 10.5. The molecule has 5 heteroatoms. The molecule has 114 valence electrons. The van der Waals surface area contributed by atoms with Gasteiger partial charge in [0.25, 0.3) is 5.91 Å². The van der Waals surface area contributed by atoms with Crippen molar-refractivity contribution in [2.75, 3.05) is 11.9 Å². The minimum absolute atomic E-state index is 0.0359. The average molecular weight is 299 g/mol. The second-order valence-corrected chi connectivity index (χ2v) is 5.01. The van der Waals surface area contributed by atoms with Crippen LogP contribution in [0.4, 0.5) is 5.69 Å². The molecule has 2 aromatic rings. The summed E-state index contributed by atoms with van der Waals surface area (Å²) in [5, 5.41) is 11.8. The maximum atomic E-state index is 11.9. The third-order valence-electron chi connectivity index (χ3n) is 3.06. The molecule has 0 heterocycles. The van der Waals surface area contributed by atoms with Crippen LogP contribution in [0.3, 0.4) is 0 Å². The largest absolute Gasteiger partial charge is 0.483 e. The molecule has 0 aromatic heterocycles. The Morgan fingerprint density at radius 2 is 1.68 bits per heavy atom. The van der Waals surface area contributed by atoms with Crippen LogP contribution in [0, 0.1) is 13.8 Å². The van der Waals surface area contributed by atoms with Crippen molar-refractivity contribution in [3.63, 3.8) is 0 Å². The first-order valence-electron chi connectivity index (χ1n) is 6.79. The number of aromatic carboxylic acids is 1. The molecule has 0 unspecified atom stereocenters. The molecular weight excluding hydrogens is 282 g/mol. The van der Waals surface area contributed by atoms with Gasteiger partial charge in [0.1, 0.15) is 11.3 Å². The Kier molecular flexibility index (Phi) is 4.78. The van der Waals surface area contributed by atoms with Crippen molar-refractivity contribution in [3.8, 4) is 5.75 Å². The monoisotopic (exact) mass is 299 g/mol. The summed E-state index contributed by atoms with van der Waals surface area (Å²) in [5.41, 5.74) is 2.66. The topological polar surface area (TPSA) is 75.6 Å². The number of hydrogen-bond acceptors (Lipinski definition) is 3. The van der Waals surface area contributed by atoms with Crippen LogP contribution in [0.2, 0.25) is 0 Å². The lowest BCUT2D eigenvalue weighted by molar-refractivity contribution is -0.118. The van der Waals surface area contributed by atoms with Gasteiger partial charge >= 0.3 is 5.97 Å². The number of carboxylic acids is 1. The summed E-state index contributed by atoms with van der Waals surface area (Å²) in [6.07, 6.45) is 0. The standard InChI is InChI=1S/C17H17NO4/c1-11-3-6-13(7-4-11)18-16(19)10-22-15-9-12(2)5-8-14(15)17(20)21/h3-9H,10H2,1-2H3,(H,18,19)(H,20,21). The fraction of sp³-hybridized carbons (Fsp3) is 0.176. The minimum atomic E-state index is -1.09. The molecule has 0 atom stereocenters. The van der Waals surface area contributed by atoms with Gasteiger partial charge < -0.3 is 15.2 Å². The third-order valence-corrected chi connectivity index (χ3v) is 3.06. The number of carbonyl (C=O) groups is 2. The summed E-state index contributed by atoms with van der Waals surface area (Å²) in [6.45, 7) is 3.53. The summed E-state index contributed by atoms with van der Waals surface area (Å²) in [6, 6.07) is 12.1. The lowest BCUT2D eigenvalue weighted by Gasteiger charge is -2.10. The van der Waals surface area contributed by atoms with Crippen molar-refractivity contribution in [1.82, 2.24) is 0 Å². The van der Waals surface area contributed by atoms with Crippen LogP contribution in [0.5, 0.6) is 5.75 Å². The van der Waals surface area contributed by atoms with Gasteiger partial charge in [-0.2, -0.15) is 0 Å². The van der Waals surface area contributed by atoms with Gasteiger partial charge in [-0.05, 0) is 43.7 Å². The van der Waals surface area contributed by atoms with E-state index in [4.69, 9.17) is 9.84 Å². The number of amides is 1. The Balaban J connectivity index is 2.00.